The Bertz CT molecular complexity index is 333. The van der Waals surface area contributed by atoms with E-state index in [1.54, 1.807) is 12.1 Å². The Balaban J connectivity index is 2.56. The van der Waals surface area contributed by atoms with Crippen LogP contribution in [0.1, 0.15) is 17.5 Å². The van der Waals surface area contributed by atoms with Crippen LogP contribution in [0.15, 0.2) is 18.2 Å². The lowest BCUT2D eigenvalue weighted by Gasteiger charge is -1.98. The molecule has 0 aliphatic heterocycles. The van der Waals surface area contributed by atoms with Crippen LogP contribution in [0.2, 0.25) is 0 Å². The van der Waals surface area contributed by atoms with Crippen LogP contribution in [-0.2, 0) is 6.42 Å². The lowest BCUT2D eigenvalue weighted by Crippen LogP contribution is -1.93. The Kier molecular flexibility index (Phi) is 1.57. The van der Waals surface area contributed by atoms with Crippen LogP contribution in [0.4, 0.5) is 5.69 Å². The molecule has 3 heteroatoms. The van der Waals surface area contributed by atoms with Crippen molar-refractivity contribution in [1.29, 1.82) is 0 Å². The largest absolute Gasteiger partial charge is 0.272 e. The van der Waals surface area contributed by atoms with Gasteiger partial charge in [-0.05, 0) is 24.8 Å². The average molecular weight is 162 g/mol. The van der Waals surface area contributed by atoms with E-state index in [1.807, 2.05) is 12.5 Å². The summed E-state index contributed by atoms with van der Waals surface area (Å²) in [5.74, 6) is 0. The Morgan fingerprint density at radius 1 is 1.42 bits per heavy atom. The van der Waals surface area contributed by atoms with Gasteiger partial charge in [0, 0.05) is 11.6 Å². The fourth-order valence-electron chi connectivity index (χ4n) is 1.60. The van der Waals surface area contributed by atoms with Crippen LogP contribution >= 0.6 is 0 Å². The van der Waals surface area contributed by atoms with E-state index in [9.17, 15) is 10.1 Å². The quantitative estimate of drug-likeness (QED) is 0.468. The zero-order valence-corrected chi connectivity index (χ0v) is 6.49. The van der Waals surface area contributed by atoms with Crippen molar-refractivity contribution in [3.05, 3.63) is 45.9 Å². The number of nitrogens with zero attached hydrogens (tertiary/aromatic N) is 1. The SMILES string of the molecule is O=[N+]([O-])c1cccc2c1CC[CH]2. The minimum absolute atomic E-state index is 0.265. The van der Waals surface area contributed by atoms with Crippen molar-refractivity contribution in [3.63, 3.8) is 0 Å². The fraction of sp³-hybridized carbons (Fsp3) is 0.222. The van der Waals surface area contributed by atoms with Crippen molar-refractivity contribution >= 4 is 5.69 Å². The van der Waals surface area contributed by atoms with Crippen molar-refractivity contribution in [2.45, 2.75) is 12.8 Å². The van der Waals surface area contributed by atoms with E-state index in [4.69, 9.17) is 0 Å². The maximum absolute atomic E-state index is 10.6. The molecule has 0 aromatic heterocycles. The summed E-state index contributed by atoms with van der Waals surface area (Å²) in [4.78, 5) is 10.2. The van der Waals surface area contributed by atoms with E-state index in [2.05, 4.69) is 0 Å². The molecule has 0 fully saturated rings. The first kappa shape index (κ1) is 7.28. The molecule has 0 saturated heterocycles. The molecule has 0 amide bonds. The van der Waals surface area contributed by atoms with Gasteiger partial charge in [-0.15, -0.1) is 0 Å². The normalized spacial score (nSPS) is 14.3. The Labute approximate surface area is 70.2 Å². The smallest absolute Gasteiger partial charge is 0.258 e. The molecule has 0 spiro atoms. The van der Waals surface area contributed by atoms with Crippen molar-refractivity contribution in [2.75, 3.05) is 0 Å². The van der Waals surface area contributed by atoms with Crippen molar-refractivity contribution in [3.8, 4) is 0 Å². The fourth-order valence-corrected chi connectivity index (χ4v) is 1.60. The Morgan fingerprint density at radius 3 is 3.00 bits per heavy atom. The molecule has 1 radical (unpaired) electrons. The molecule has 0 heterocycles. The highest BCUT2D eigenvalue weighted by atomic mass is 16.6. The zero-order chi connectivity index (χ0) is 8.55. The van der Waals surface area contributed by atoms with Crippen molar-refractivity contribution in [1.82, 2.24) is 0 Å². The molecule has 2 rings (SSSR count). The number of hydrogen-bond acceptors (Lipinski definition) is 2. The number of fused-ring (bicyclic) bond motifs is 1. The first-order valence-electron chi connectivity index (χ1n) is 3.88. The van der Waals surface area contributed by atoms with E-state index in [0.29, 0.717) is 0 Å². The highest BCUT2D eigenvalue weighted by Gasteiger charge is 2.20. The van der Waals surface area contributed by atoms with E-state index in [1.165, 1.54) is 0 Å². The summed E-state index contributed by atoms with van der Waals surface area (Å²) < 4.78 is 0. The Morgan fingerprint density at radius 2 is 2.25 bits per heavy atom. The van der Waals surface area contributed by atoms with Gasteiger partial charge in [0.1, 0.15) is 0 Å². The standard InChI is InChI=1S/C9H8NO2/c11-10(12)9-6-2-4-7-3-1-5-8(7)9/h2-4,6H,1,5H2. The van der Waals surface area contributed by atoms with Crippen LogP contribution in [0.25, 0.3) is 0 Å². The summed E-state index contributed by atoms with van der Waals surface area (Å²) >= 11 is 0. The summed E-state index contributed by atoms with van der Waals surface area (Å²) in [6.45, 7) is 0. The predicted molar refractivity (Wildman–Crippen MR) is 44.8 cm³/mol. The molecule has 0 saturated carbocycles. The molecule has 1 aromatic carbocycles. The minimum atomic E-state index is -0.308. The van der Waals surface area contributed by atoms with Crippen LogP contribution < -0.4 is 0 Å². The highest BCUT2D eigenvalue weighted by molar-refractivity contribution is 5.51. The predicted octanol–water partition coefficient (Wildman–Crippen LogP) is 2.09. The maximum atomic E-state index is 10.6. The van der Waals surface area contributed by atoms with E-state index < -0.39 is 0 Å². The van der Waals surface area contributed by atoms with Gasteiger partial charge >= 0.3 is 0 Å². The first-order chi connectivity index (χ1) is 5.79. The van der Waals surface area contributed by atoms with Gasteiger partial charge in [-0.3, -0.25) is 10.1 Å². The number of benzene rings is 1. The molecule has 61 valence electrons. The van der Waals surface area contributed by atoms with Gasteiger partial charge in [0.2, 0.25) is 0 Å². The third kappa shape index (κ3) is 0.978. The lowest BCUT2D eigenvalue weighted by atomic mass is 10.1. The monoisotopic (exact) mass is 162 g/mol. The summed E-state index contributed by atoms with van der Waals surface area (Å²) in [7, 11) is 0. The van der Waals surface area contributed by atoms with Crippen LogP contribution in [0, 0.1) is 16.5 Å². The van der Waals surface area contributed by atoms with Crippen LogP contribution in [-0.4, -0.2) is 4.92 Å². The van der Waals surface area contributed by atoms with Gasteiger partial charge < -0.3 is 0 Å². The van der Waals surface area contributed by atoms with Gasteiger partial charge in [-0.1, -0.05) is 12.1 Å². The average Bonchev–Trinajstić information content (AvgIpc) is 2.49. The topological polar surface area (TPSA) is 43.1 Å². The molecule has 1 aliphatic carbocycles. The second-order valence-corrected chi connectivity index (χ2v) is 2.84. The highest BCUT2D eigenvalue weighted by Crippen LogP contribution is 2.30. The second kappa shape index (κ2) is 2.59. The minimum Gasteiger partial charge on any atom is -0.258 e. The Hall–Kier alpha value is -1.38. The zero-order valence-electron chi connectivity index (χ0n) is 6.49. The van der Waals surface area contributed by atoms with Crippen molar-refractivity contribution < 1.29 is 4.92 Å². The molecule has 1 aliphatic rings. The summed E-state index contributed by atoms with van der Waals surface area (Å²) in [6, 6.07) is 5.23. The summed E-state index contributed by atoms with van der Waals surface area (Å²) in [5, 5.41) is 10.6. The number of nitro benzene ring substituents is 1. The van der Waals surface area contributed by atoms with Gasteiger partial charge in [-0.2, -0.15) is 0 Å². The van der Waals surface area contributed by atoms with Gasteiger partial charge in [0.25, 0.3) is 5.69 Å². The third-order valence-corrected chi connectivity index (χ3v) is 2.14. The summed E-state index contributed by atoms with van der Waals surface area (Å²) in [5.41, 5.74) is 2.19. The first-order valence-corrected chi connectivity index (χ1v) is 3.88. The molecular weight excluding hydrogens is 154 g/mol. The number of hydrogen-bond donors (Lipinski definition) is 0. The second-order valence-electron chi connectivity index (χ2n) is 2.84. The number of nitro groups is 1. The van der Waals surface area contributed by atoms with Gasteiger partial charge in [-0.25, -0.2) is 0 Å². The summed E-state index contributed by atoms with van der Waals surface area (Å²) in [6.07, 6.45) is 3.79. The molecule has 12 heavy (non-hydrogen) atoms. The van der Waals surface area contributed by atoms with Gasteiger partial charge in [0.15, 0.2) is 0 Å². The molecule has 3 nitrogen and oxygen atoms in total. The lowest BCUT2D eigenvalue weighted by molar-refractivity contribution is -0.385. The molecule has 0 bridgehead atoms. The van der Waals surface area contributed by atoms with E-state index >= 15 is 0 Å². The third-order valence-electron chi connectivity index (χ3n) is 2.14. The van der Waals surface area contributed by atoms with Crippen LogP contribution in [0.3, 0.4) is 0 Å². The number of rotatable bonds is 1. The van der Waals surface area contributed by atoms with Gasteiger partial charge in [0.05, 0.1) is 4.92 Å². The molecule has 0 atom stereocenters. The molecule has 1 aromatic rings. The van der Waals surface area contributed by atoms with E-state index in [-0.39, 0.29) is 10.6 Å². The molecule has 0 unspecified atom stereocenters. The maximum Gasteiger partial charge on any atom is 0.272 e. The van der Waals surface area contributed by atoms with Crippen molar-refractivity contribution in [2.24, 2.45) is 0 Å². The molecular formula is C9H8NO2. The van der Waals surface area contributed by atoms with E-state index in [0.717, 1.165) is 24.0 Å². The molecule has 0 N–H and O–H groups in total. The van der Waals surface area contributed by atoms with Crippen LogP contribution in [0.5, 0.6) is 0 Å².